The molecule has 0 spiro atoms. The first kappa shape index (κ1) is 16.5. The minimum atomic E-state index is -0.00138. The highest BCUT2D eigenvalue weighted by atomic mass is 16.3. The van der Waals surface area contributed by atoms with Crippen molar-refractivity contribution in [3.8, 4) is 5.75 Å². The number of rotatable bonds is 6. The maximum atomic E-state index is 11.9. The van der Waals surface area contributed by atoms with Gasteiger partial charge >= 0.3 is 0 Å². The molecule has 1 amide bonds. The van der Waals surface area contributed by atoms with Crippen LogP contribution in [0.3, 0.4) is 0 Å². The third-order valence-corrected chi connectivity index (χ3v) is 3.39. The second-order valence-electron chi connectivity index (χ2n) is 5.52. The van der Waals surface area contributed by atoms with Crippen LogP contribution < -0.4 is 5.32 Å². The highest BCUT2D eigenvalue weighted by Crippen LogP contribution is 2.28. The van der Waals surface area contributed by atoms with Crippen molar-refractivity contribution in [3.05, 3.63) is 29.3 Å². The summed E-state index contributed by atoms with van der Waals surface area (Å²) in [5, 5.41) is 13.0. The predicted octanol–water partition coefficient (Wildman–Crippen LogP) is 2.61. The SMILES string of the molecule is CCN(CC(=O)NC(C)C)C(C)c1ccc(C)cc1O. The summed E-state index contributed by atoms with van der Waals surface area (Å²) in [6.45, 7) is 11.0. The first-order valence-corrected chi connectivity index (χ1v) is 7.18. The largest absolute Gasteiger partial charge is 0.508 e. The van der Waals surface area contributed by atoms with Crippen molar-refractivity contribution in [2.45, 2.75) is 46.7 Å². The lowest BCUT2D eigenvalue weighted by Gasteiger charge is -2.28. The van der Waals surface area contributed by atoms with E-state index in [-0.39, 0.29) is 18.0 Å². The zero-order valence-electron chi connectivity index (χ0n) is 13.1. The fraction of sp³-hybridized carbons (Fsp3) is 0.562. The molecule has 1 aromatic rings. The van der Waals surface area contributed by atoms with Crippen LogP contribution in [0.4, 0.5) is 0 Å². The van der Waals surface area contributed by atoms with Crippen LogP contribution in [0.15, 0.2) is 18.2 Å². The van der Waals surface area contributed by atoms with Gasteiger partial charge in [-0.25, -0.2) is 0 Å². The average molecular weight is 278 g/mol. The summed E-state index contributed by atoms with van der Waals surface area (Å²) in [7, 11) is 0. The Balaban J connectivity index is 2.81. The maximum absolute atomic E-state index is 11.9. The van der Waals surface area contributed by atoms with Gasteiger partial charge < -0.3 is 10.4 Å². The van der Waals surface area contributed by atoms with Gasteiger partial charge in [0.25, 0.3) is 0 Å². The van der Waals surface area contributed by atoms with Crippen molar-refractivity contribution in [1.82, 2.24) is 10.2 Å². The van der Waals surface area contributed by atoms with Crippen molar-refractivity contribution in [3.63, 3.8) is 0 Å². The van der Waals surface area contributed by atoms with Gasteiger partial charge in [-0.3, -0.25) is 9.69 Å². The Bertz CT molecular complexity index is 458. The molecular weight excluding hydrogens is 252 g/mol. The molecule has 4 heteroatoms. The molecule has 0 saturated heterocycles. The third-order valence-electron chi connectivity index (χ3n) is 3.39. The van der Waals surface area contributed by atoms with E-state index < -0.39 is 0 Å². The van der Waals surface area contributed by atoms with E-state index in [2.05, 4.69) is 5.32 Å². The smallest absolute Gasteiger partial charge is 0.234 e. The maximum Gasteiger partial charge on any atom is 0.234 e. The monoisotopic (exact) mass is 278 g/mol. The number of carbonyl (C=O) groups is 1. The number of carbonyl (C=O) groups excluding carboxylic acids is 1. The van der Waals surface area contributed by atoms with Gasteiger partial charge in [-0.15, -0.1) is 0 Å². The van der Waals surface area contributed by atoms with E-state index in [9.17, 15) is 9.90 Å². The van der Waals surface area contributed by atoms with E-state index in [0.29, 0.717) is 12.3 Å². The number of aromatic hydroxyl groups is 1. The molecule has 0 aliphatic carbocycles. The molecule has 112 valence electrons. The van der Waals surface area contributed by atoms with Gasteiger partial charge in [0.1, 0.15) is 5.75 Å². The molecule has 1 rings (SSSR count). The van der Waals surface area contributed by atoms with E-state index in [0.717, 1.165) is 17.7 Å². The lowest BCUT2D eigenvalue weighted by atomic mass is 10.0. The number of nitrogens with zero attached hydrogens (tertiary/aromatic N) is 1. The normalized spacial score (nSPS) is 12.8. The molecule has 2 N–H and O–H groups in total. The second kappa shape index (κ2) is 7.29. The van der Waals surface area contributed by atoms with E-state index in [4.69, 9.17) is 0 Å². The Morgan fingerprint density at radius 3 is 2.50 bits per heavy atom. The Kier molecular flexibility index (Phi) is 6.02. The number of benzene rings is 1. The highest BCUT2D eigenvalue weighted by molar-refractivity contribution is 5.78. The Labute approximate surface area is 121 Å². The minimum Gasteiger partial charge on any atom is -0.508 e. The molecule has 1 aromatic carbocycles. The van der Waals surface area contributed by atoms with E-state index in [1.54, 1.807) is 6.07 Å². The molecule has 0 aromatic heterocycles. The quantitative estimate of drug-likeness (QED) is 0.841. The first-order chi connectivity index (χ1) is 9.35. The number of aryl methyl sites for hydroxylation is 1. The van der Waals surface area contributed by atoms with Gasteiger partial charge in [-0.2, -0.15) is 0 Å². The van der Waals surface area contributed by atoms with Crippen LogP contribution in [-0.2, 0) is 4.79 Å². The average Bonchev–Trinajstić information content (AvgIpc) is 2.34. The summed E-state index contributed by atoms with van der Waals surface area (Å²) in [5.74, 6) is 0.306. The van der Waals surface area contributed by atoms with Crippen molar-refractivity contribution < 1.29 is 9.90 Å². The number of nitrogens with one attached hydrogen (secondary N) is 1. The van der Waals surface area contributed by atoms with Gasteiger partial charge in [-0.1, -0.05) is 19.1 Å². The molecule has 1 unspecified atom stereocenters. The van der Waals surface area contributed by atoms with Crippen LogP contribution >= 0.6 is 0 Å². The second-order valence-corrected chi connectivity index (χ2v) is 5.52. The fourth-order valence-electron chi connectivity index (χ4n) is 2.28. The van der Waals surface area contributed by atoms with Gasteiger partial charge in [0.05, 0.1) is 6.54 Å². The zero-order valence-corrected chi connectivity index (χ0v) is 13.1. The molecule has 0 saturated carbocycles. The number of phenolic OH excluding ortho intramolecular Hbond substituents is 1. The molecular formula is C16H26N2O2. The van der Waals surface area contributed by atoms with E-state index in [1.165, 1.54) is 0 Å². The molecule has 0 aliphatic heterocycles. The molecule has 1 atom stereocenters. The lowest BCUT2D eigenvalue weighted by Crippen LogP contribution is -2.41. The summed E-state index contributed by atoms with van der Waals surface area (Å²) in [5.41, 5.74) is 1.88. The van der Waals surface area contributed by atoms with Crippen molar-refractivity contribution in [1.29, 1.82) is 0 Å². The molecule has 0 fully saturated rings. The predicted molar refractivity (Wildman–Crippen MR) is 81.8 cm³/mol. The van der Waals surface area contributed by atoms with Crippen LogP contribution in [0.1, 0.15) is 44.9 Å². The van der Waals surface area contributed by atoms with Gasteiger partial charge in [0, 0.05) is 17.6 Å². The molecule has 0 heterocycles. The number of phenols is 1. The number of amides is 1. The van der Waals surface area contributed by atoms with Crippen LogP contribution in [0, 0.1) is 6.92 Å². The molecule has 0 bridgehead atoms. The summed E-state index contributed by atoms with van der Waals surface area (Å²) in [6.07, 6.45) is 0. The highest BCUT2D eigenvalue weighted by Gasteiger charge is 2.20. The lowest BCUT2D eigenvalue weighted by molar-refractivity contribution is -0.123. The Morgan fingerprint density at radius 2 is 2.00 bits per heavy atom. The number of hydrogen-bond donors (Lipinski definition) is 2. The van der Waals surface area contributed by atoms with E-state index >= 15 is 0 Å². The van der Waals surface area contributed by atoms with Crippen molar-refractivity contribution in [2.75, 3.05) is 13.1 Å². The molecule has 4 nitrogen and oxygen atoms in total. The van der Waals surface area contributed by atoms with Gasteiger partial charge in [0.2, 0.25) is 5.91 Å². The molecule has 20 heavy (non-hydrogen) atoms. The topological polar surface area (TPSA) is 52.6 Å². The number of hydrogen-bond acceptors (Lipinski definition) is 3. The van der Waals surface area contributed by atoms with Crippen LogP contribution in [-0.4, -0.2) is 35.0 Å². The molecule has 0 radical (unpaired) electrons. The Hall–Kier alpha value is -1.55. The van der Waals surface area contributed by atoms with Crippen LogP contribution in [0.25, 0.3) is 0 Å². The van der Waals surface area contributed by atoms with Gasteiger partial charge in [-0.05, 0) is 45.9 Å². The first-order valence-electron chi connectivity index (χ1n) is 7.18. The van der Waals surface area contributed by atoms with E-state index in [1.807, 2.05) is 51.7 Å². The third kappa shape index (κ3) is 4.53. The summed E-state index contributed by atoms with van der Waals surface area (Å²) >= 11 is 0. The molecule has 0 aliphatic rings. The summed E-state index contributed by atoms with van der Waals surface area (Å²) in [4.78, 5) is 13.9. The summed E-state index contributed by atoms with van der Waals surface area (Å²) < 4.78 is 0. The van der Waals surface area contributed by atoms with Crippen LogP contribution in [0.5, 0.6) is 5.75 Å². The standard InChI is InChI=1S/C16H26N2O2/c1-6-18(10-16(20)17-11(2)3)13(5)14-8-7-12(4)9-15(14)19/h7-9,11,13,19H,6,10H2,1-5H3,(H,17,20). The van der Waals surface area contributed by atoms with Crippen molar-refractivity contribution in [2.24, 2.45) is 0 Å². The number of likely N-dealkylation sites (N-methyl/N-ethyl adjacent to an activating group) is 1. The van der Waals surface area contributed by atoms with Gasteiger partial charge in [0.15, 0.2) is 0 Å². The fourth-order valence-corrected chi connectivity index (χ4v) is 2.28. The zero-order chi connectivity index (χ0) is 15.3. The van der Waals surface area contributed by atoms with Crippen molar-refractivity contribution >= 4 is 5.91 Å². The minimum absolute atomic E-state index is 0.00138. The Morgan fingerprint density at radius 1 is 1.35 bits per heavy atom. The summed E-state index contributed by atoms with van der Waals surface area (Å²) in [6, 6.07) is 5.81. The van der Waals surface area contributed by atoms with Crippen LogP contribution in [0.2, 0.25) is 0 Å².